The number of anilines is 1. The van der Waals surface area contributed by atoms with Crippen molar-refractivity contribution in [2.45, 2.75) is 68.4 Å². The first kappa shape index (κ1) is 21.4. The van der Waals surface area contributed by atoms with Crippen LogP contribution in [-0.2, 0) is 26.0 Å². The summed E-state index contributed by atoms with van der Waals surface area (Å²) in [6.07, 6.45) is 8.41. The first-order valence-electron chi connectivity index (χ1n) is 11.8. The lowest BCUT2D eigenvalue weighted by Gasteiger charge is -2.44. The lowest BCUT2D eigenvalue weighted by Crippen LogP contribution is -2.55. The van der Waals surface area contributed by atoms with E-state index in [1.54, 1.807) is 16.4 Å². The molecular formula is C23H33N3O4S. The Kier molecular flexibility index (Phi) is 6.07. The van der Waals surface area contributed by atoms with Gasteiger partial charge < -0.3 is 9.64 Å². The highest BCUT2D eigenvalue weighted by molar-refractivity contribution is 7.89. The minimum Gasteiger partial charge on any atom is -0.375 e. The zero-order valence-electron chi connectivity index (χ0n) is 18.2. The van der Waals surface area contributed by atoms with Crippen molar-refractivity contribution < 1.29 is 17.9 Å². The van der Waals surface area contributed by atoms with Crippen molar-refractivity contribution in [3.05, 3.63) is 23.8 Å². The molecule has 5 rings (SSSR count). The van der Waals surface area contributed by atoms with Crippen molar-refractivity contribution in [1.29, 1.82) is 0 Å². The number of carbonyl (C=O) groups excluding carboxylic acids is 1. The van der Waals surface area contributed by atoms with Gasteiger partial charge in [0.25, 0.3) is 0 Å². The maximum atomic E-state index is 13.3. The quantitative estimate of drug-likeness (QED) is 0.709. The summed E-state index contributed by atoms with van der Waals surface area (Å²) in [5.74, 6) is 0.113. The summed E-state index contributed by atoms with van der Waals surface area (Å²) in [7, 11) is -3.44. The molecule has 8 heteroatoms. The largest absolute Gasteiger partial charge is 0.375 e. The van der Waals surface area contributed by atoms with Gasteiger partial charge in [0.15, 0.2) is 0 Å². The van der Waals surface area contributed by atoms with E-state index in [0.29, 0.717) is 43.7 Å². The van der Waals surface area contributed by atoms with Crippen LogP contribution in [0.1, 0.15) is 50.5 Å². The Labute approximate surface area is 185 Å². The van der Waals surface area contributed by atoms with Gasteiger partial charge in [0.05, 0.1) is 24.2 Å². The number of amides is 1. The fraction of sp³-hybridized carbons (Fsp3) is 0.696. The summed E-state index contributed by atoms with van der Waals surface area (Å²) in [4.78, 5) is 17.9. The minimum absolute atomic E-state index is 0.113. The third-order valence-electron chi connectivity index (χ3n) is 7.36. The highest BCUT2D eigenvalue weighted by Gasteiger charge is 2.36. The molecule has 0 aromatic heterocycles. The second-order valence-corrected chi connectivity index (χ2v) is 11.2. The molecule has 1 aliphatic carbocycles. The smallest absolute Gasteiger partial charge is 0.243 e. The molecule has 2 unspecified atom stereocenters. The predicted octanol–water partition coefficient (Wildman–Crippen LogP) is 2.39. The van der Waals surface area contributed by atoms with E-state index in [1.807, 2.05) is 11.0 Å². The van der Waals surface area contributed by atoms with Crippen molar-refractivity contribution in [3.8, 4) is 0 Å². The number of rotatable bonds is 4. The van der Waals surface area contributed by atoms with Crippen LogP contribution in [0.3, 0.4) is 0 Å². The van der Waals surface area contributed by atoms with E-state index in [9.17, 15) is 13.2 Å². The van der Waals surface area contributed by atoms with Crippen molar-refractivity contribution in [2.75, 3.05) is 44.2 Å². The molecule has 7 nitrogen and oxygen atoms in total. The van der Waals surface area contributed by atoms with Gasteiger partial charge in [-0.2, -0.15) is 4.31 Å². The molecule has 0 N–H and O–H groups in total. The molecule has 0 bridgehead atoms. The van der Waals surface area contributed by atoms with Gasteiger partial charge in [0.2, 0.25) is 15.9 Å². The molecule has 3 aliphatic heterocycles. The molecule has 3 fully saturated rings. The molecule has 1 aromatic carbocycles. The van der Waals surface area contributed by atoms with Gasteiger partial charge >= 0.3 is 0 Å². The Morgan fingerprint density at radius 3 is 2.65 bits per heavy atom. The summed E-state index contributed by atoms with van der Waals surface area (Å²) in [5.41, 5.74) is 1.85. The predicted molar refractivity (Wildman–Crippen MR) is 119 cm³/mol. The standard InChI is InChI=1S/C23H33N3O4S/c27-23(17-24-14-15-30-22-8-2-1-7-21(22)24)26-13-5-6-18-16-19(9-10-20(18)26)31(28,29)25-11-3-4-12-25/h9-10,16,21-22H,1-8,11-15,17H2. The first-order chi connectivity index (χ1) is 15.0. The van der Waals surface area contributed by atoms with Crippen LogP contribution in [0.5, 0.6) is 0 Å². The average molecular weight is 448 g/mol. The fourth-order valence-corrected chi connectivity index (χ4v) is 7.27. The Morgan fingerprint density at radius 1 is 1.00 bits per heavy atom. The number of ether oxygens (including phenoxy) is 1. The molecule has 170 valence electrons. The number of aryl methyl sites for hydroxylation is 1. The lowest BCUT2D eigenvalue weighted by atomic mass is 9.90. The van der Waals surface area contributed by atoms with Gasteiger partial charge in [-0.1, -0.05) is 12.8 Å². The van der Waals surface area contributed by atoms with Crippen LogP contribution in [0.4, 0.5) is 5.69 Å². The van der Waals surface area contributed by atoms with Crippen LogP contribution in [0, 0.1) is 0 Å². The monoisotopic (exact) mass is 447 g/mol. The average Bonchev–Trinajstić information content (AvgIpc) is 3.34. The first-order valence-corrected chi connectivity index (χ1v) is 13.3. The summed E-state index contributed by atoms with van der Waals surface area (Å²) < 4.78 is 33.5. The highest BCUT2D eigenvalue weighted by Crippen LogP contribution is 2.32. The molecule has 1 amide bonds. The highest BCUT2D eigenvalue weighted by atomic mass is 32.2. The van der Waals surface area contributed by atoms with Crippen LogP contribution < -0.4 is 4.90 Å². The summed E-state index contributed by atoms with van der Waals surface area (Å²) in [5, 5.41) is 0. The van der Waals surface area contributed by atoms with E-state index >= 15 is 0 Å². The number of sulfonamides is 1. The number of hydrogen-bond acceptors (Lipinski definition) is 5. The molecule has 2 atom stereocenters. The van der Waals surface area contributed by atoms with Gasteiger partial charge in [0.1, 0.15) is 0 Å². The summed E-state index contributed by atoms with van der Waals surface area (Å²) in [6, 6.07) is 5.68. The molecule has 0 radical (unpaired) electrons. The number of benzene rings is 1. The Bertz CT molecular complexity index is 927. The number of nitrogens with zero attached hydrogens (tertiary/aromatic N) is 3. The van der Waals surface area contributed by atoms with Gasteiger partial charge in [0, 0.05) is 37.9 Å². The maximum Gasteiger partial charge on any atom is 0.243 e. The zero-order chi connectivity index (χ0) is 21.4. The molecule has 1 saturated carbocycles. The van der Waals surface area contributed by atoms with E-state index in [4.69, 9.17) is 4.74 Å². The van der Waals surface area contributed by atoms with Crippen LogP contribution >= 0.6 is 0 Å². The Hall–Kier alpha value is -1.48. The van der Waals surface area contributed by atoms with Gasteiger partial charge in [-0.05, 0) is 62.3 Å². The van der Waals surface area contributed by atoms with Crippen molar-refractivity contribution >= 4 is 21.6 Å². The summed E-state index contributed by atoms with van der Waals surface area (Å²) in [6.45, 7) is 3.82. The molecule has 3 heterocycles. The minimum atomic E-state index is -3.44. The third kappa shape index (κ3) is 4.15. The summed E-state index contributed by atoms with van der Waals surface area (Å²) >= 11 is 0. The zero-order valence-corrected chi connectivity index (χ0v) is 19.0. The van der Waals surface area contributed by atoms with Crippen LogP contribution in [-0.4, -0.2) is 75.0 Å². The number of fused-ring (bicyclic) bond motifs is 2. The van der Waals surface area contributed by atoms with Crippen LogP contribution in [0.2, 0.25) is 0 Å². The van der Waals surface area contributed by atoms with Gasteiger partial charge in [-0.3, -0.25) is 9.69 Å². The molecule has 1 aromatic rings. The maximum absolute atomic E-state index is 13.3. The second kappa shape index (κ2) is 8.81. The number of morpholine rings is 1. The molecule has 4 aliphatic rings. The lowest BCUT2D eigenvalue weighted by molar-refractivity contribution is -0.127. The van der Waals surface area contributed by atoms with E-state index in [2.05, 4.69) is 4.90 Å². The van der Waals surface area contributed by atoms with Crippen molar-refractivity contribution in [1.82, 2.24) is 9.21 Å². The van der Waals surface area contributed by atoms with E-state index in [1.165, 1.54) is 12.8 Å². The molecule has 0 spiro atoms. The Balaban J connectivity index is 1.33. The molecule has 31 heavy (non-hydrogen) atoms. The topological polar surface area (TPSA) is 70.2 Å². The second-order valence-electron chi connectivity index (χ2n) is 9.28. The van der Waals surface area contributed by atoms with Gasteiger partial charge in [-0.15, -0.1) is 0 Å². The molecule has 2 saturated heterocycles. The van der Waals surface area contributed by atoms with Crippen molar-refractivity contribution in [2.24, 2.45) is 0 Å². The van der Waals surface area contributed by atoms with Crippen LogP contribution in [0.25, 0.3) is 0 Å². The normalized spacial score (nSPS) is 27.7. The van der Waals surface area contributed by atoms with E-state index < -0.39 is 10.0 Å². The third-order valence-corrected chi connectivity index (χ3v) is 9.25. The van der Waals surface area contributed by atoms with E-state index in [-0.39, 0.29) is 12.0 Å². The fourth-order valence-electron chi connectivity index (χ4n) is 5.70. The van der Waals surface area contributed by atoms with Crippen molar-refractivity contribution in [3.63, 3.8) is 0 Å². The number of hydrogen-bond donors (Lipinski definition) is 0. The van der Waals surface area contributed by atoms with Gasteiger partial charge in [-0.25, -0.2) is 8.42 Å². The molecular weight excluding hydrogens is 414 g/mol. The van der Waals surface area contributed by atoms with E-state index in [0.717, 1.165) is 56.3 Å². The SMILES string of the molecule is O=C(CN1CCOC2CCCCC21)N1CCCc2cc(S(=O)(=O)N3CCCC3)ccc21. The number of carbonyl (C=O) groups is 1. The Morgan fingerprint density at radius 2 is 1.81 bits per heavy atom. The van der Waals surface area contributed by atoms with Crippen LogP contribution in [0.15, 0.2) is 23.1 Å².